The third-order valence-corrected chi connectivity index (χ3v) is 5.74. The molecule has 0 saturated carbocycles. The third-order valence-electron chi connectivity index (χ3n) is 5.27. The molecule has 1 aliphatic rings. The Hall–Kier alpha value is -3.45. The number of alkyl halides is 3. The quantitative estimate of drug-likeness (QED) is 0.450. The van der Waals surface area contributed by atoms with Crippen molar-refractivity contribution in [1.82, 2.24) is 34.6 Å². The number of hydrogen-bond donors (Lipinski definition) is 1. The molecule has 33 heavy (non-hydrogen) atoms. The molecule has 0 radical (unpaired) electrons. The van der Waals surface area contributed by atoms with Gasteiger partial charge in [-0.1, -0.05) is 23.2 Å². The highest BCUT2D eigenvalue weighted by atomic mass is 35.5. The van der Waals surface area contributed by atoms with Crippen LogP contribution in [0.1, 0.15) is 12.6 Å². The second-order valence-corrected chi connectivity index (χ2v) is 8.22. The lowest BCUT2D eigenvalue weighted by atomic mass is 9.88. The van der Waals surface area contributed by atoms with Crippen LogP contribution < -0.4 is 10.2 Å². The average molecular weight is 498 g/mol. The second-order valence-electron chi connectivity index (χ2n) is 7.42. The maximum Gasteiger partial charge on any atom is 0.401 e. The first-order chi connectivity index (χ1) is 15.6. The number of nitrogens with one attached hydrogen (secondary N) is 1. The van der Waals surface area contributed by atoms with Gasteiger partial charge >= 0.3 is 12.2 Å². The molecule has 170 valence electrons. The summed E-state index contributed by atoms with van der Waals surface area (Å²) in [6.07, 6.45) is 0.669. The Morgan fingerprint density at radius 2 is 1.88 bits per heavy atom. The molecule has 0 saturated heterocycles. The molecule has 0 bridgehead atoms. The third kappa shape index (κ3) is 3.35. The molecule has 4 aromatic rings. The number of nitrogens with zero attached hydrogens (tertiary/aromatic N) is 8. The van der Waals surface area contributed by atoms with E-state index < -0.39 is 24.2 Å². The van der Waals surface area contributed by atoms with E-state index in [0.717, 1.165) is 16.3 Å². The highest BCUT2D eigenvalue weighted by Crippen LogP contribution is 2.50. The summed E-state index contributed by atoms with van der Waals surface area (Å²) < 4.78 is 43.5. The molecule has 0 fully saturated rings. The molecule has 5 rings (SSSR count). The maximum atomic E-state index is 14.2. The van der Waals surface area contributed by atoms with E-state index in [9.17, 15) is 18.0 Å². The highest BCUT2D eigenvalue weighted by molar-refractivity contribution is 6.32. The van der Waals surface area contributed by atoms with E-state index in [1.807, 2.05) is 0 Å². The minimum atomic E-state index is -4.69. The fourth-order valence-electron chi connectivity index (χ4n) is 3.65. The SMILES string of the molecule is C[C@]1(C(F)(F)F)CN(C(=O)Nc2cnc(-n3nccn3)c(Cl)c2)c2cnc3cc(Cl)nn3c21. The van der Waals surface area contributed by atoms with Crippen molar-refractivity contribution in [1.29, 1.82) is 0 Å². The van der Waals surface area contributed by atoms with Gasteiger partial charge in [-0.3, -0.25) is 4.90 Å². The van der Waals surface area contributed by atoms with Crippen molar-refractivity contribution < 1.29 is 18.0 Å². The zero-order valence-electron chi connectivity index (χ0n) is 16.5. The van der Waals surface area contributed by atoms with Gasteiger partial charge in [-0.25, -0.2) is 19.3 Å². The normalized spacial score (nSPS) is 18.1. The summed E-state index contributed by atoms with van der Waals surface area (Å²) in [4.78, 5) is 23.4. The van der Waals surface area contributed by atoms with Gasteiger partial charge in [-0.2, -0.15) is 28.5 Å². The smallest absolute Gasteiger partial charge is 0.306 e. The molecule has 1 aliphatic heterocycles. The minimum absolute atomic E-state index is 0.0178. The van der Waals surface area contributed by atoms with E-state index in [1.54, 1.807) is 0 Å². The zero-order chi connectivity index (χ0) is 23.5. The predicted molar refractivity (Wildman–Crippen MR) is 112 cm³/mol. The molecule has 0 aromatic carbocycles. The van der Waals surface area contributed by atoms with Gasteiger partial charge in [0, 0.05) is 12.6 Å². The van der Waals surface area contributed by atoms with Crippen molar-refractivity contribution in [3.8, 4) is 5.82 Å². The number of carbonyl (C=O) groups is 1. The fourth-order valence-corrected chi connectivity index (χ4v) is 4.07. The first kappa shape index (κ1) is 21.4. The largest absolute Gasteiger partial charge is 0.401 e. The van der Waals surface area contributed by atoms with E-state index in [-0.39, 0.29) is 38.7 Å². The molecular formula is C18H12Cl2F3N9O. The highest BCUT2D eigenvalue weighted by Gasteiger charge is 2.60. The van der Waals surface area contributed by atoms with Crippen LogP contribution in [0, 0.1) is 0 Å². The van der Waals surface area contributed by atoms with Crippen molar-refractivity contribution in [2.24, 2.45) is 0 Å². The van der Waals surface area contributed by atoms with E-state index in [2.05, 4.69) is 30.6 Å². The Morgan fingerprint density at radius 1 is 1.15 bits per heavy atom. The lowest BCUT2D eigenvalue weighted by molar-refractivity contribution is -0.181. The second kappa shape index (κ2) is 7.28. The molecule has 1 N–H and O–H groups in total. The number of carbonyl (C=O) groups excluding carboxylic acids is 1. The van der Waals surface area contributed by atoms with Crippen molar-refractivity contribution >= 4 is 46.3 Å². The van der Waals surface area contributed by atoms with E-state index in [4.69, 9.17) is 23.2 Å². The summed E-state index contributed by atoms with van der Waals surface area (Å²) in [5.74, 6) is 0.220. The molecule has 15 heteroatoms. The van der Waals surface area contributed by atoms with Gasteiger partial charge in [0.2, 0.25) is 0 Å². The Balaban J connectivity index is 1.51. The van der Waals surface area contributed by atoms with Gasteiger partial charge in [0.25, 0.3) is 0 Å². The summed E-state index contributed by atoms with van der Waals surface area (Å²) in [5.41, 5.74) is -2.40. The van der Waals surface area contributed by atoms with Gasteiger partial charge in [-0.15, -0.1) is 4.80 Å². The van der Waals surface area contributed by atoms with Crippen molar-refractivity contribution in [3.05, 3.63) is 52.8 Å². The molecular weight excluding hydrogens is 486 g/mol. The summed E-state index contributed by atoms with van der Waals surface area (Å²) in [6, 6.07) is 1.90. The van der Waals surface area contributed by atoms with Gasteiger partial charge in [0.1, 0.15) is 5.41 Å². The van der Waals surface area contributed by atoms with Crippen LogP contribution in [-0.2, 0) is 5.41 Å². The molecule has 2 amide bonds. The predicted octanol–water partition coefficient (Wildman–Crippen LogP) is 3.88. The number of hydrogen-bond acceptors (Lipinski definition) is 6. The monoisotopic (exact) mass is 497 g/mol. The van der Waals surface area contributed by atoms with Gasteiger partial charge < -0.3 is 5.32 Å². The molecule has 1 atom stereocenters. The van der Waals surface area contributed by atoms with E-state index in [1.165, 1.54) is 41.7 Å². The van der Waals surface area contributed by atoms with E-state index >= 15 is 0 Å². The number of anilines is 2. The molecule has 4 aromatic heterocycles. The topological polar surface area (TPSA) is 106 Å². The number of aromatic nitrogens is 7. The number of amides is 2. The number of halogens is 5. The van der Waals surface area contributed by atoms with E-state index in [0.29, 0.717) is 0 Å². The summed E-state index contributed by atoms with van der Waals surface area (Å²) in [7, 11) is 0. The maximum absolute atomic E-state index is 14.2. The lowest BCUT2D eigenvalue weighted by Crippen LogP contribution is -2.46. The number of pyridine rings is 1. The van der Waals surface area contributed by atoms with Crippen LogP contribution in [0.5, 0.6) is 0 Å². The molecule has 10 nitrogen and oxygen atoms in total. The van der Waals surface area contributed by atoms with Crippen LogP contribution in [0.15, 0.2) is 36.9 Å². The van der Waals surface area contributed by atoms with Gasteiger partial charge in [0.05, 0.1) is 46.9 Å². The van der Waals surface area contributed by atoms with Gasteiger partial charge in [0.15, 0.2) is 16.6 Å². The molecule has 0 aliphatic carbocycles. The first-order valence-electron chi connectivity index (χ1n) is 9.31. The van der Waals surface area contributed by atoms with Crippen molar-refractivity contribution in [2.75, 3.05) is 16.8 Å². The van der Waals surface area contributed by atoms with Crippen LogP contribution in [-0.4, -0.2) is 53.3 Å². The standard InChI is InChI=1S/C18H12Cl2F3N9O/c1-17(18(21,22)23)8-30(11-7-24-13-5-12(20)29-31(13)14(11)17)16(33)28-9-4-10(19)15(25-6-9)32-26-2-3-27-32/h2-7H,8H2,1H3,(H,28,33)/t17-/m0/s1. The summed E-state index contributed by atoms with van der Waals surface area (Å²) in [6.45, 7) is 0.310. The zero-order valence-corrected chi connectivity index (χ0v) is 18.1. The van der Waals surface area contributed by atoms with Gasteiger partial charge in [-0.05, 0) is 13.0 Å². The molecule has 0 unspecified atom stereocenters. The Morgan fingerprint density at radius 3 is 2.55 bits per heavy atom. The number of rotatable bonds is 2. The Labute approximate surface area is 192 Å². The van der Waals surface area contributed by atoms with Crippen LogP contribution in [0.3, 0.4) is 0 Å². The van der Waals surface area contributed by atoms with Crippen LogP contribution in [0.2, 0.25) is 10.2 Å². The first-order valence-corrected chi connectivity index (χ1v) is 10.1. The van der Waals surface area contributed by atoms with Crippen LogP contribution in [0.25, 0.3) is 11.5 Å². The van der Waals surface area contributed by atoms with Crippen molar-refractivity contribution in [3.63, 3.8) is 0 Å². The summed E-state index contributed by atoms with van der Waals surface area (Å²) >= 11 is 12.1. The molecule has 5 heterocycles. The van der Waals surface area contributed by atoms with Crippen molar-refractivity contribution in [2.45, 2.75) is 18.5 Å². The Bertz CT molecular complexity index is 1390. The molecule has 0 spiro atoms. The van der Waals surface area contributed by atoms with Crippen LogP contribution in [0.4, 0.5) is 29.3 Å². The Kier molecular flexibility index (Phi) is 4.72. The number of urea groups is 1. The number of fused-ring (bicyclic) bond motifs is 3. The van der Waals surface area contributed by atoms with Crippen LogP contribution >= 0.6 is 23.2 Å². The average Bonchev–Trinajstić information content (AvgIpc) is 3.45. The lowest BCUT2D eigenvalue weighted by Gasteiger charge is -2.28. The minimum Gasteiger partial charge on any atom is -0.306 e. The fraction of sp³-hybridized carbons (Fsp3) is 0.222. The summed E-state index contributed by atoms with van der Waals surface area (Å²) in [5, 5.41) is 14.4.